The van der Waals surface area contributed by atoms with Gasteiger partial charge in [0, 0.05) is 11.6 Å². The quantitative estimate of drug-likeness (QED) is 0.913. The summed E-state index contributed by atoms with van der Waals surface area (Å²) in [5.74, 6) is -2.11. The second-order valence-corrected chi connectivity index (χ2v) is 4.83. The third kappa shape index (κ3) is 3.33. The molecule has 2 aromatic rings. The Morgan fingerprint density at radius 1 is 1.15 bits per heavy atom. The van der Waals surface area contributed by atoms with Crippen molar-refractivity contribution in [3.63, 3.8) is 0 Å². The molecule has 0 fully saturated rings. The lowest BCUT2D eigenvalue weighted by atomic mass is 10.1. The molecule has 0 spiro atoms. The summed E-state index contributed by atoms with van der Waals surface area (Å²) in [6, 6.07) is 7.72. The number of carbonyl (C=O) groups is 1. The highest BCUT2D eigenvalue weighted by molar-refractivity contribution is 9.10. The number of hydrogen-bond donors (Lipinski definition) is 1. The van der Waals surface area contributed by atoms with Gasteiger partial charge in [-0.15, -0.1) is 0 Å². The van der Waals surface area contributed by atoms with E-state index in [1.54, 1.807) is 0 Å². The summed E-state index contributed by atoms with van der Waals surface area (Å²) in [5, 5.41) is 8.72. The number of hydrogen-bond acceptors (Lipinski definition) is 2. The Bertz CT molecular complexity index is 659. The van der Waals surface area contributed by atoms with Crippen LogP contribution in [-0.2, 0) is 6.61 Å². The van der Waals surface area contributed by atoms with Gasteiger partial charge in [-0.25, -0.2) is 13.6 Å². The lowest BCUT2D eigenvalue weighted by molar-refractivity contribution is 0.0696. The highest BCUT2D eigenvalue weighted by atomic mass is 79.9. The number of rotatable bonds is 4. The molecule has 20 heavy (non-hydrogen) atoms. The fraction of sp³-hybridized carbons (Fsp3) is 0.0714. The molecule has 2 aromatic carbocycles. The minimum Gasteiger partial charge on any atom is -0.489 e. The van der Waals surface area contributed by atoms with Gasteiger partial charge < -0.3 is 9.84 Å². The molecule has 1 N–H and O–H groups in total. The number of benzene rings is 2. The van der Waals surface area contributed by atoms with Gasteiger partial charge in [0.05, 0.1) is 10.0 Å². The van der Waals surface area contributed by atoms with E-state index in [0.717, 1.165) is 6.07 Å². The second-order valence-electron chi connectivity index (χ2n) is 3.98. The molecule has 0 aliphatic heterocycles. The van der Waals surface area contributed by atoms with Crippen LogP contribution >= 0.6 is 15.9 Å². The van der Waals surface area contributed by atoms with Gasteiger partial charge in [0.2, 0.25) is 0 Å². The third-order valence-corrected chi connectivity index (χ3v) is 3.23. The van der Waals surface area contributed by atoms with Crippen LogP contribution in [0.3, 0.4) is 0 Å². The average Bonchev–Trinajstić information content (AvgIpc) is 2.41. The molecular formula is C14H9BrF2O3. The third-order valence-electron chi connectivity index (χ3n) is 2.59. The Morgan fingerprint density at radius 3 is 2.50 bits per heavy atom. The van der Waals surface area contributed by atoms with Crippen molar-refractivity contribution in [2.45, 2.75) is 6.61 Å². The standard InChI is InChI=1S/C14H9BrF2O3/c15-11-4-3-10(6-13(11)17)20-7-9-2-1-8(14(18)19)5-12(9)16/h1-6H,7H2,(H,18,19). The van der Waals surface area contributed by atoms with E-state index in [1.165, 1.54) is 30.3 Å². The summed E-state index contributed by atoms with van der Waals surface area (Å²) in [7, 11) is 0. The SMILES string of the molecule is O=C(O)c1ccc(COc2ccc(Br)c(F)c2)c(F)c1. The highest BCUT2D eigenvalue weighted by Crippen LogP contribution is 2.22. The molecular weight excluding hydrogens is 334 g/mol. The van der Waals surface area contributed by atoms with E-state index in [4.69, 9.17) is 9.84 Å². The highest BCUT2D eigenvalue weighted by Gasteiger charge is 2.09. The molecule has 0 radical (unpaired) electrons. The molecule has 0 saturated carbocycles. The van der Waals surface area contributed by atoms with Crippen LogP contribution in [0.4, 0.5) is 8.78 Å². The summed E-state index contributed by atoms with van der Waals surface area (Å²) < 4.78 is 32.5. The van der Waals surface area contributed by atoms with Crippen molar-refractivity contribution in [1.82, 2.24) is 0 Å². The average molecular weight is 343 g/mol. The van der Waals surface area contributed by atoms with E-state index in [-0.39, 0.29) is 23.5 Å². The van der Waals surface area contributed by atoms with Crippen LogP contribution in [0, 0.1) is 11.6 Å². The number of ether oxygens (including phenoxy) is 1. The van der Waals surface area contributed by atoms with Gasteiger partial charge in [0.15, 0.2) is 0 Å². The minimum absolute atomic E-state index is 0.118. The van der Waals surface area contributed by atoms with Crippen molar-refractivity contribution in [1.29, 1.82) is 0 Å². The molecule has 0 atom stereocenters. The zero-order valence-electron chi connectivity index (χ0n) is 10.1. The molecule has 0 aliphatic rings. The normalized spacial score (nSPS) is 10.3. The summed E-state index contributed by atoms with van der Waals surface area (Å²) in [5.41, 5.74) is 0.0549. The maximum Gasteiger partial charge on any atom is 0.335 e. The number of carboxylic acid groups (broad SMARTS) is 1. The summed E-state index contributed by atoms with van der Waals surface area (Å²) in [4.78, 5) is 10.7. The number of carboxylic acids is 1. The Hall–Kier alpha value is -1.95. The van der Waals surface area contributed by atoms with Gasteiger partial charge in [0.1, 0.15) is 24.0 Å². The lowest BCUT2D eigenvalue weighted by Gasteiger charge is -2.08. The van der Waals surface area contributed by atoms with Crippen molar-refractivity contribution in [2.24, 2.45) is 0 Å². The lowest BCUT2D eigenvalue weighted by Crippen LogP contribution is -2.02. The van der Waals surface area contributed by atoms with Crippen LogP contribution in [-0.4, -0.2) is 11.1 Å². The first-order chi connectivity index (χ1) is 9.47. The van der Waals surface area contributed by atoms with E-state index in [1.807, 2.05) is 0 Å². The molecule has 3 nitrogen and oxygen atoms in total. The predicted molar refractivity (Wildman–Crippen MR) is 71.8 cm³/mol. The van der Waals surface area contributed by atoms with E-state index in [2.05, 4.69) is 15.9 Å². The fourth-order valence-electron chi connectivity index (χ4n) is 1.53. The zero-order valence-corrected chi connectivity index (χ0v) is 11.7. The van der Waals surface area contributed by atoms with E-state index < -0.39 is 17.6 Å². The molecule has 0 saturated heterocycles. The van der Waals surface area contributed by atoms with Gasteiger partial charge in [-0.1, -0.05) is 6.07 Å². The topological polar surface area (TPSA) is 46.5 Å². The molecule has 0 aromatic heterocycles. The predicted octanol–water partition coefficient (Wildman–Crippen LogP) is 4.00. The smallest absolute Gasteiger partial charge is 0.335 e. The summed E-state index contributed by atoms with van der Waals surface area (Å²) in [6.45, 7) is -0.118. The first kappa shape index (κ1) is 14.5. The minimum atomic E-state index is -1.20. The van der Waals surface area contributed by atoms with Crippen LogP contribution < -0.4 is 4.74 Å². The number of halogens is 3. The largest absolute Gasteiger partial charge is 0.489 e. The maximum atomic E-state index is 13.6. The van der Waals surface area contributed by atoms with Crippen molar-refractivity contribution in [3.8, 4) is 5.75 Å². The van der Waals surface area contributed by atoms with Crippen LogP contribution in [0.2, 0.25) is 0 Å². The molecule has 0 unspecified atom stereocenters. The zero-order chi connectivity index (χ0) is 14.7. The molecule has 0 heterocycles. The molecule has 2 rings (SSSR count). The van der Waals surface area contributed by atoms with Crippen LogP contribution in [0.1, 0.15) is 15.9 Å². The number of aromatic carboxylic acids is 1. The van der Waals surface area contributed by atoms with Gasteiger partial charge in [0.25, 0.3) is 0 Å². The molecule has 6 heteroatoms. The Kier molecular flexibility index (Phi) is 4.34. The molecule has 0 amide bonds. The molecule has 0 bridgehead atoms. The van der Waals surface area contributed by atoms with Gasteiger partial charge in [-0.2, -0.15) is 0 Å². The maximum absolute atomic E-state index is 13.6. The Morgan fingerprint density at radius 2 is 1.90 bits per heavy atom. The first-order valence-corrected chi connectivity index (χ1v) is 6.36. The van der Waals surface area contributed by atoms with Crippen LogP contribution in [0.15, 0.2) is 40.9 Å². The van der Waals surface area contributed by atoms with Gasteiger partial charge >= 0.3 is 5.97 Å². The van der Waals surface area contributed by atoms with E-state index in [9.17, 15) is 13.6 Å². The Balaban J connectivity index is 2.10. The van der Waals surface area contributed by atoms with Gasteiger partial charge in [-0.05, 0) is 40.2 Å². The monoisotopic (exact) mass is 342 g/mol. The summed E-state index contributed by atoms with van der Waals surface area (Å²) in [6.07, 6.45) is 0. The van der Waals surface area contributed by atoms with E-state index >= 15 is 0 Å². The fourth-order valence-corrected chi connectivity index (χ4v) is 1.77. The summed E-state index contributed by atoms with van der Waals surface area (Å²) >= 11 is 3.01. The van der Waals surface area contributed by atoms with Crippen molar-refractivity contribution < 1.29 is 23.4 Å². The first-order valence-electron chi connectivity index (χ1n) is 5.57. The van der Waals surface area contributed by atoms with Crippen LogP contribution in [0.5, 0.6) is 5.75 Å². The van der Waals surface area contributed by atoms with E-state index in [0.29, 0.717) is 4.47 Å². The van der Waals surface area contributed by atoms with Crippen LogP contribution in [0.25, 0.3) is 0 Å². The van der Waals surface area contributed by atoms with Gasteiger partial charge in [-0.3, -0.25) is 0 Å². The van der Waals surface area contributed by atoms with Crippen molar-refractivity contribution in [2.75, 3.05) is 0 Å². The van der Waals surface area contributed by atoms with Crippen molar-refractivity contribution in [3.05, 3.63) is 63.6 Å². The Labute approximate surface area is 121 Å². The van der Waals surface area contributed by atoms with Crippen molar-refractivity contribution >= 4 is 21.9 Å². The molecule has 104 valence electrons. The molecule has 0 aliphatic carbocycles. The second kappa shape index (κ2) is 6.00.